The number of hydrogen-bond donors (Lipinski definition) is 0. The van der Waals surface area contributed by atoms with Crippen molar-refractivity contribution in [3.05, 3.63) is 6.54 Å². The van der Waals surface area contributed by atoms with Crippen molar-refractivity contribution in [2.45, 2.75) is 97.9 Å². The first-order valence-electron chi connectivity index (χ1n) is 9.19. The van der Waals surface area contributed by atoms with Gasteiger partial charge in [0.15, 0.2) is 0 Å². The van der Waals surface area contributed by atoms with Gasteiger partial charge in [-0.1, -0.05) is 47.0 Å². The summed E-state index contributed by atoms with van der Waals surface area (Å²) in [6, 6.07) is 0.726. The van der Waals surface area contributed by atoms with Gasteiger partial charge in [-0.25, -0.2) is 0 Å². The van der Waals surface area contributed by atoms with E-state index in [0.717, 1.165) is 12.5 Å². The van der Waals surface area contributed by atoms with E-state index >= 15 is 0 Å². The van der Waals surface area contributed by atoms with Crippen LogP contribution in [0.5, 0.6) is 0 Å². The normalized spacial score (nSPS) is 29.7. The molecular formula is C19H35N. The molecule has 20 heavy (non-hydrogen) atoms. The zero-order valence-corrected chi connectivity index (χ0v) is 14.3. The van der Waals surface area contributed by atoms with Crippen LogP contribution in [0.4, 0.5) is 0 Å². The fourth-order valence-electron chi connectivity index (χ4n) is 5.84. The van der Waals surface area contributed by atoms with Crippen LogP contribution >= 0.6 is 0 Å². The van der Waals surface area contributed by atoms with E-state index in [2.05, 4.69) is 39.1 Å². The lowest BCUT2D eigenvalue weighted by atomic mass is 9.48. The van der Waals surface area contributed by atoms with Gasteiger partial charge < -0.3 is 0 Å². The average Bonchev–Trinajstić information content (AvgIpc) is 2.50. The van der Waals surface area contributed by atoms with Gasteiger partial charge in [-0.3, -0.25) is 4.90 Å². The maximum atomic E-state index is 3.66. The first-order valence-corrected chi connectivity index (χ1v) is 9.19. The molecule has 2 fully saturated rings. The zero-order valence-electron chi connectivity index (χ0n) is 14.3. The molecule has 1 unspecified atom stereocenters. The zero-order chi connectivity index (χ0) is 14.6. The molecule has 1 nitrogen and oxygen atoms in total. The Morgan fingerprint density at radius 2 is 1.60 bits per heavy atom. The van der Waals surface area contributed by atoms with E-state index in [1.807, 2.05) is 0 Å². The Labute approximate surface area is 127 Å². The second-order valence-corrected chi connectivity index (χ2v) is 7.08. The van der Waals surface area contributed by atoms with E-state index in [-0.39, 0.29) is 0 Å². The Hall–Kier alpha value is -0.0400. The van der Waals surface area contributed by atoms with Gasteiger partial charge >= 0.3 is 0 Å². The highest BCUT2D eigenvalue weighted by Gasteiger charge is 2.56. The van der Waals surface area contributed by atoms with Crippen LogP contribution in [-0.4, -0.2) is 17.5 Å². The van der Waals surface area contributed by atoms with E-state index in [1.54, 1.807) is 0 Å². The first kappa shape index (κ1) is 16.3. The monoisotopic (exact) mass is 277 g/mol. The van der Waals surface area contributed by atoms with Gasteiger partial charge in [-0.15, -0.1) is 0 Å². The van der Waals surface area contributed by atoms with E-state index in [1.165, 1.54) is 64.3 Å². The predicted molar refractivity (Wildman–Crippen MR) is 87.5 cm³/mol. The third-order valence-electron chi connectivity index (χ3n) is 6.72. The molecule has 116 valence electrons. The Balaban J connectivity index is 2.34. The van der Waals surface area contributed by atoms with Crippen LogP contribution in [-0.2, 0) is 0 Å². The SMILES string of the molecule is CC[C]N1CCC2(CCCCC2)C(CC)(CC)C1CC. The van der Waals surface area contributed by atoms with E-state index in [0.29, 0.717) is 10.8 Å². The summed E-state index contributed by atoms with van der Waals surface area (Å²) in [5.74, 6) is 0. The minimum absolute atomic E-state index is 0.530. The maximum Gasteiger partial charge on any atom is 0.0615 e. The maximum absolute atomic E-state index is 3.66. The highest BCUT2D eigenvalue weighted by molar-refractivity contribution is 5.08. The molecule has 1 aliphatic carbocycles. The van der Waals surface area contributed by atoms with Crippen molar-refractivity contribution in [2.24, 2.45) is 10.8 Å². The largest absolute Gasteiger partial charge is 0.290 e. The minimum Gasteiger partial charge on any atom is -0.290 e. The second-order valence-electron chi connectivity index (χ2n) is 7.08. The molecule has 1 saturated heterocycles. The Morgan fingerprint density at radius 3 is 2.10 bits per heavy atom. The van der Waals surface area contributed by atoms with Crippen LogP contribution in [0.3, 0.4) is 0 Å². The van der Waals surface area contributed by atoms with E-state index in [4.69, 9.17) is 0 Å². The number of piperidine rings is 1. The molecule has 2 aliphatic rings. The Morgan fingerprint density at radius 1 is 0.950 bits per heavy atom. The van der Waals surface area contributed by atoms with Gasteiger partial charge in [0.25, 0.3) is 0 Å². The molecule has 2 rings (SSSR count). The summed E-state index contributed by atoms with van der Waals surface area (Å²) < 4.78 is 0. The van der Waals surface area contributed by atoms with Gasteiger partial charge in [-0.05, 0) is 62.3 Å². The van der Waals surface area contributed by atoms with E-state index < -0.39 is 0 Å². The van der Waals surface area contributed by atoms with Crippen LogP contribution in [0, 0.1) is 17.4 Å². The number of nitrogens with zero attached hydrogens (tertiary/aromatic N) is 1. The fourth-order valence-corrected chi connectivity index (χ4v) is 5.84. The Kier molecular flexibility index (Phi) is 5.56. The predicted octanol–water partition coefficient (Wildman–Crippen LogP) is 5.68. The lowest BCUT2D eigenvalue weighted by molar-refractivity contribution is -0.120. The molecule has 1 atom stereocenters. The highest BCUT2D eigenvalue weighted by atomic mass is 15.2. The molecule has 1 heteroatoms. The van der Waals surface area contributed by atoms with Crippen LogP contribution in [0.25, 0.3) is 0 Å². The summed E-state index contributed by atoms with van der Waals surface area (Å²) in [5, 5.41) is 0. The van der Waals surface area contributed by atoms with Crippen molar-refractivity contribution in [2.75, 3.05) is 6.54 Å². The summed E-state index contributed by atoms with van der Waals surface area (Å²) in [5.41, 5.74) is 1.17. The highest BCUT2D eigenvalue weighted by Crippen LogP contribution is 2.61. The molecule has 0 aromatic heterocycles. The van der Waals surface area contributed by atoms with Crippen molar-refractivity contribution >= 4 is 0 Å². The number of likely N-dealkylation sites (tertiary alicyclic amines) is 1. The summed E-state index contributed by atoms with van der Waals surface area (Å²) in [6.07, 6.45) is 13.9. The Bertz CT molecular complexity index is 286. The molecule has 0 aromatic rings. The standard InChI is InChI=1S/C19H35N/c1-5-15-20-16-14-18(12-10-9-11-13-18)19(7-3,8-4)17(20)6-2/h17H,5-14,16H2,1-4H3. The van der Waals surface area contributed by atoms with Gasteiger partial charge in [0.1, 0.15) is 0 Å². The fraction of sp³-hybridized carbons (Fsp3) is 0.947. The number of rotatable bonds is 5. The summed E-state index contributed by atoms with van der Waals surface area (Å²) >= 11 is 0. The van der Waals surface area contributed by atoms with Gasteiger partial charge in [0.05, 0.1) is 6.54 Å². The number of hydrogen-bond acceptors (Lipinski definition) is 1. The van der Waals surface area contributed by atoms with Crippen molar-refractivity contribution < 1.29 is 0 Å². The summed E-state index contributed by atoms with van der Waals surface area (Å²) in [6.45, 7) is 14.5. The van der Waals surface area contributed by atoms with Gasteiger partial charge in [-0.2, -0.15) is 0 Å². The van der Waals surface area contributed by atoms with Crippen LogP contribution < -0.4 is 0 Å². The third kappa shape index (κ3) is 2.45. The molecule has 0 bridgehead atoms. The molecule has 1 heterocycles. The average molecular weight is 277 g/mol. The van der Waals surface area contributed by atoms with Crippen molar-refractivity contribution in [3.63, 3.8) is 0 Å². The second kappa shape index (κ2) is 6.81. The molecule has 0 aromatic carbocycles. The molecule has 0 N–H and O–H groups in total. The molecule has 1 spiro atoms. The molecular weight excluding hydrogens is 242 g/mol. The summed E-state index contributed by atoms with van der Waals surface area (Å²) in [4.78, 5) is 2.60. The van der Waals surface area contributed by atoms with Crippen molar-refractivity contribution in [1.29, 1.82) is 0 Å². The minimum atomic E-state index is 0.530. The quantitative estimate of drug-likeness (QED) is 0.625. The molecule has 1 aliphatic heterocycles. The lowest BCUT2D eigenvalue weighted by Gasteiger charge is -2.62. The summed E-state index contributed by atoms with van der Waals surface area (Å²) in [7, 11) is 0. The smallest absolute Gasteiger partial charge is 0.0615 e. The van der Waals surface area contributed by atoms with Crippen LogP contribution in [0.2, 0.25) is 0 Å². The first-order chi connectivity index (χ1) is 9.69. The van der Waals surface area contributed by atoms with Crippen molar-refractivity contribution in [3.8, 4) is 0 Å². The third-order valence-corrected chi connectivity index (χ3v) is 6.72. The molecule has 0 amide bonds. The van der Waals surface area contributed by atoms with Crippen molar-refractivity contribution in [1.82, 2.24) is 4.90 Å². The van der Waals surface area contributed by atoms with Gasteiger partial charge in [0, 0.05) is 6.04 Å². The topological polar surface area (TPSA) is 3.24 Å². The lowest BCUT2D eigenvalue weighted by Crippen LogP contribution is -2.61. The van der Waals surface area contributed by atoms with Gasteiger partial charge in [0.2, 0.25) is 0 Å². The van der Waals surface area contributed by atoms with E-state index in [9.17, 15) is 0 Å². The van der Waals surface area contributed by atoms with Crippen LogP contribution in [0.1, 0.15) is 91.9 Å². The molecule has 2 radical (unpaired) electrons. The molecule has 1 saturated carbocycles. The van der Waals surface area contributed by atoms with Crippen LogP contribution in [0.15, 0.2) is 0 Å².